The summed E-state index contributed by atoms with van der Waals surface area (Å²) in [6.07, 6.45) is 3.86. The second-order valence-electron chi connectivity index (χ2n) is 8.38. The number of rotatable bonds is 8. The molecule has 1 aromatic heterocycles. The summed E-state index contributed by atoms with van der Waals surface area (Å²) >= 11 is 2.48. The largest absolute Gasteiger partial charge is 0.511 e. The number of nitrogens with two attached hydrogens (primary N) is 1. The Morgan fingerprint density at radius 3 is 2.68 bits per heavy atom. The zero-order valence-electron chi connectivity index (χ0n) is 20.2. The van der Waals surface area contributed by atoms with Crippen LogP contribution in [0.5, 0.6) is 0 Å². The standard InChI is InChI=1S/C22H27N5O8S2/c1-11(34-22(31)35-12-6-4-3-5-7-12)33-20(30)14-8-9-36-19-16(18(29)27(14)19)25-17(28)15(26-32-2)13-10-37-21(23)24-13/h8,10-12,16,19H,3-7,9H2,1-2H3,(H2,23,24)(H,25,28)/b26-15-/t11?,16-,19-/m1/s1. The zero-order valence-corrected chi connectivity index (χ0v) is 21.8. The lowest BCUT2D eigenvalue weighted by atomic mass is 9.98. The quantitative estimate of drug-likeness (QED) is 0.158. The fourth-order valence-corrected chi connectivity index (χ4v) is 5.89. The van der Waals surface area contributed by atoms with Crippen molar-refractivity contribution in [3.63, 3.8) is 0 Å². The molecule has 0 radical (unpaired) electrons. The van der Waals surface area contributed by atoms with Gasteiger partial charge in [-0.25, -0.2) is 14.6 Å². The first-order valence-corrected chi connectivity index (χ1v) is 13.6. The number of carbonyl (C=O) groups is 4. The molecule has 2 fully saturated rings. The van der Waals surface area contributed by atoms with E-state index in [0.29, 0.717) is 5.75 Å². The van der Waals surface area contributed by atoms with Gasteiger partial charge in [0.15, 0.2) is 10.8 Å². The van der Waals surface area contributed by atoms with Crippen LogP contribution < -0.4 is 11.1 Å². The first-order valence-electron chi connectivity index (χ1n) is 11.6. The number of thiazole rings is 1. The van der Waals surface area contributed by atoms with Crippen LogP contribution in [-0.2, 0) is 33.4 Å². The van der Waals surface area contributed by atoms with Crippen molar-refractivity contribution >= 4 is 57.9 Å². The highest BCUT2D eigenvalue weighted by Gasteiger charge is 2.53. The lowest BCUT2D eigenvalue weighted by Gasteiger charge is -2.48. The van der Waals surface area contributed by atoms with Crippen molar-refractivity contribution in [3.8, 4) is 0 Å². The van der Waals surface area contributed by atoms with E-state index >= 15 is 0 Å². The number of aromatic nitrogens is 1. The molecule has 15 heteroatoms. The number of nitrogen functional groups attached to an aromatic ring is 1. The Labute approximate surface area is 220 Å². The molecule has 4 rings (SSSR count). The Morgan fingerprint density at radius 1 is 1.24 bits per heavy atom. The van der Waals surface area contributed by atoms with Gasteiger partial charge < -0.3 is 30.1 Å². The van der Waals surface area contributed by atoms with Crippen molar-refractivity contribution in [3.05, 3.63) is 22.8 Å². The first kappa shape index (κ1) is 26.7. The Hall–Kier alpha value is -3.33. The van der Waals surface area contributed by atoms with Gasteiger partial charge in [0, 0.05) is 18.1 Å². The van der Waals surface area contributed by atoms with E-state index in [0.717, 1.165) is 43.4 Å². The smallest absolute Gasteiger partial charge is 0.431 e. The number of fused-ring (bicyclic) bond motifs is 1. The van der Waals surface area contributed by atoms with Crippen LogP contribution in [0, 0.1) is 0 Å². The second-order valence-corrected chi connectivity index (χ2v) is 10.4. The van der Waals surface area contributed by atoms with Crippen LogP contribution in [-0.4, -0.2) is 76.2 Å². The topological polar surface area (TPSA) is 172 Å². The summed E-state index contributed by atoms with van der Waals surface area (Å²) in [5.41, 5.74) is 5.72. The first-order chi connectivity index (χ1) is 17.8. The Morgan fingerprint density at radius 2 is 2.00 bits per heavy atom. The number of carbonyl (C=O) groups excluding carboxylic acids is 4. The Kier molecular flexibility index (Phi) is 8.53. The Bertz CT molecular complexity index is 1120. The molecule has 0 aromatic carbocycles. The van der Waals surface area contributed by atoms with Crippen molar-refractivity contribution in [1.82, 2.24) is 15.2 Å². The van der Waals surface area contributed by atoms with E-state index in [-0.39, 0.29) is 28.3 Å². The lowest BCUT2D eigenvalue weighted by molar-refractivity contribution is -0.169. The van der Waals surface area contributed by atoms with Crippen LogP contribution in [0.25, 0.3) is 0 Å². The van der Waals surface area contributed by atoms with Crippen LogP contribution in [0.3, 0.4) is 0 Å². The van der Waals surface area contributed by atoms with E-state index in [2.05, 4.69) is 15.5 Å². The third-order valence-electron chi connectivity index (χ3n) is 5.85. The summed E-state index contributed by atoms with van der Waals surface area (Å²) in [7, 11) is 1.28. The second kappa shape index (κ2) is 11.8. The normalized spacial score (nSPS) is 22.6. The van der Waals surface area contributed by atoms with Crippen LogP contribution in [0.4, 0.5) is 9.93 Å². The fourth-order valence-electron chi connectivity index (χ4n) is 4.15. The number of esters is 1. The van der Waals surface area contributed by atoms with Gasteiger partial charge in [0.25, 0.3) is 11.8 Å². The maximum absolute atomic E-state index is 12.9. The molecule has 3 heterocycles. The number of β-lactam (4-membered cyclic amide) rings is 1. The molecule has 3 N–H and O–H groups in total. The number of hydrogen-bond donors (Lipinski definition) is 2. The predicted octanol–water partition coefficient (Wildman–Crippen LogP) is 1.73. The zero-order chi connectivity index (χ0) is 26.5. The molecule has 1 aliphatic carbocycles. The van der Waals surface area contributed by atoms with Gasteiger partial charge in [0.2, 0.25) is 6.29 Å². The molecule has 200 valence electrons. The Balaban J connectivity index is 1.32. The molecule has 1 saturated carbocycles. The van der Waals surface area contributed by atoms with Gasteiger partial charge in [0.1, 0.15) is 36.0 Å². The van der Waals surface area contributed by atoms with Gasteiger partial charge in [0.05, 0.1) is 0 Å². The van der Waals surface area contributed by atoms with E-state index < -0.39 is 41.6 Å². The van der Waals surface area contributed by atoms with Crippen molar-refractivity contribution in [2.24, 2.45) is 5.16 Å². The number of anilines is 1. The van der Waals surface area contributed by atoms with Gasteiger partial charge in [-0.05, 0) is 31.8 Å². The number of hydrogen-bond acceptors (Lipinski definition) is 13. The fraction of sp³-hybridized carbons (Fsp3) is 0.545. The summed E-state index contributed by atoms with van der Waals surface area (Å²) in [6.45, 7) is 1.39. The van der Waals surface area contributed by atoms with E-state index in [1.807, 2.05) is 0 Å². The molecule has 1 unspecified atom stereocenters. The van der Waals surface area contributed by atoms with Gasteiger partial charge in [-0.15, -0.1) is 23.1 Å². The monoisotopic (exact) mass is 553 g/mol. The number of thioether (sulfide) groups is 1. The van der Waals surface area contributed by atoms with Crippen LogP contribution in [0.1, 0.15) is 44.7 Å². The minimum absolute atomic E-state index is 0.00778. The minimum atomic E-state index is -1.22. The SMILES string of the molecule is CO/N=C(\C(=O)N[C@@H]1C(=O)N2C(C(=O)OC(C)OC(=O)OC3CCCCC3)=CCS[C@H]12)c1csc(N)n1. The summed E-state index contributed by atoms with van der Waals surface area (Å²) in [5.74, 6) is -1.62. The van der Waals surface area contributed by atoms with E-state index in [1.165, 1.54) is 30.7 Å². The molecule has 37 heavy (non-hydrogen) atoms. The molecule has 13 nitrogen and oxygen atoms in total. The van der Waals surface area contributed by atoms with Crippen molar-refractivity contribution < 1.29 is 38.2 Å². The molecule has 1 aromatic rings. The number of nitrogens with zero attached hydrogens (tertiary/aromatic N) is 3. The molecule has 2 aliphatic heterocycles. The minimum Gasteiger partial charge on any atom is -0.431 e. The van der Waals surface area contributed by atoms with Crippen molar-refractivity contribution in [1.29, 1.82) is 0 Å². The molecule has 3 atom stereocenters. The van der Waals surface area contributed by atoms with Crippen molar-refractivity contribution in [2.75, 3.05) is 18.6 Å². The summed E-state index contributed by atoms with van der Waals surface area (Å²) in [6, 6.07) is -0.911. The van der Waals surface area contributed by atoms with Crippen molar-refractivity contribution in [2.45, 2.75) is 62.8 Å². The maximum Gasteiger partial charge on any atom is 0.511 e. The van der Waals surface area contributed by atoms with E-state index in [9.17, 15) is 19.2 Å². The van der Waals surface area contributed by atoms with Crippen LogP contribution >= 0.6 is 23.1 Å². The number of oxime groups is 1. The van der Waals surface area contributed by atoms with E-state index in [1.54, 1.807) is 11.5 Å². The van der Waals surface area contributed by atoms with E-state index in [4.69, 9.17) is 24.8 Å². The lowest BCUT2D eigenvalue weighted by Crippen LogP contribution is -2.70. The molecular weight excluding hydrogens is 526 g/mol. The molecule has 3 aliphatic rings. The highest BCUT2D eigenvalue weighted by Crippen LogP contribution is 2.38. The highest BCUT2D eigenvalue weighted by molar-refractivity contribution is 8.00. The predicted molar refractivity (Wildman–Crippen MR) is 133 cm³/mol. The van der Waals surface area contributed by atoms with Crippen LogP contribution in [0.2, 0.25) is 0 Å². The summed E-state index contributed by atoms with van der Waals surface area (Å²) < 4.78 is 15.5. The van der Waals surface area contributed by atoms with Gasteiger partial charge in [-0.2, -0.15) is 0 Å². The maximum atomic E-state index is 12.9. The molecule has 0 spiro atoms. The average molecular weight is 554 g/mol. The number of nitrogens with one attached hydrogen (secondary N) is 1. The molecule has 1 saturated heterocycles. The summed E-state index contributed by atoms with van der Waals surface area (Å²) in [5, 5.41) is 7.58. The number of ether oxygens (including phenoxy) is 3. The number of amides is 2. The third-order valence-corrected chi connectivity index (χ3v) is 7.71. The molecular formula is C22H27N5O8S2. The average Bonchev–Trinajstić information content (AvgIpc) is 3.31. The van der Waals surface area contributed by atoms with Gasteiger partial charge in [-0.1, -0.05) is 11.6 Å². The van der Waals surface area contributed by atoms with Gasteiger partial charge in [-0.3, -0.25) is 14.5 Å². The molecule has 2 amide bonds. The molecule has 0 bridgehead atoms. The van der Waals surface area contributed by atoms with Crippen LogP contribution in [0.15, 0.2) is 22.3 Å². The third kappa shape index (κ3) is 6.15. The highest BCUT2D eigenvalue weighted by atomic mass is 32.2. The summed E-state index contributed by atoms with van der Waals surface area (Å²) in [4.78, 5) is 60.5. The van der Waals surface area contributed by atoms with Gasteiger partial charge >= 0.3 is 12.1 Å².